The third-order valence-corrected chi connectivity index (χ3v) is 11.4. The van der Waals surface area contributed by atoms with Crippen molar-refractivity contribution in [3.05, 3.63) is 170 Å². The van der Waals surface area contributed by atoms with E-state index in [9.17, 15) is 0 Å². The Labute approximate surface area is 297 Å². The molecule has 0 aliphatic carbocycles. The van der Waals surface area contributed by atoms with E-state index in [1.54, 1.807) is 17.7 Å². The van der Waals surface area contributed by atoms with Crippen molar-refractivity contribution >= 4 is 75.3 Å². The van der Waals surface area contributed by atoms with Crippen LogP contribution in [0.2, 0.25) is 0 Å². The predicted octanol–water partition coefficient (Wildman–Crippen LogP) is 12.4. The summed E-state index contributed by atoms with van der Waals surface area (Å²) in [5, 5.41) is 7.19. The summed E-state index contributed by atoms with van der Waals surface area (Å²) in [5.41, 5.74) is 11.7. The van der Waals surface area contributed by atoms with Crippen LogP contribution in [-0.4, -0.2) is 19.1 Å². The summed E-state index contributed by atoms with van der Waals surface area (Å²) in [6.45, 7) is 0. The van der Waals surface area contributed by atoms with Gasteiger partial charge in [0.05, 0.1) is 22.1 Å². The van der Waals surface area contributed by atoms with Crippen LogP contribution in [0.25, 0.3) is 97.5 Å². The van der Waals surface area contributed by atoms with Crippen LogP contribution >= 0.6 is 11.3 Å². The van der Waals surface area contributed by atoms with Crippen molar-refractivity contribution in [1.82, 2.24) is 19.1 Å². The Hall–Kier alpha value is -6.56. The van der Waals surface area contributed by atoms with Gasteiger partial charge >= 0.3 is 0 Å². The molecule has 0 fully saturated rings. The third kappa shape index (κ3) is 4.13. The van der Waals surface area contributed by atoms with E-state index in [1.807, 2.05) is 6.20 Å². The Morgan fingerprint density at radius 2 is 0.941 bits per heavy atom. The van der Waals surface area contributed by atoms with Crippen molar-refractivity contribution in [2.45, 2.75) is 0 Å². The van der Waals surface area contributed by atoms with Crippen LogP contribution in [0.15, 0.2) is 170 Å². The van der Waals surface area contributed by atoms with Crippen LogP contribution in [0.3, 0.4) is 0 Å². The van der Waals surface area contributed by atoms with Crippen LogP contribution in [0.5, 0.6) is 0 Å². The second kappa shape index (κ2) is 11.0. The summed E-state index contributed by atoms with van der Waals surface area (Å²) in [6.07, 6.45) is 3.67. The Bertz CT molecular complexity index is 3060. The molecule has 51 heavy (non-hydrogen) atoms. The fourth-order valence-corrected chi connectivity index (χ4v) is 9.30. The normalized spacial score (nSPS) is 11.9. The molecule has 0 radical (unpaired) electrons. The van der Waals surface area contributed by atoms with Crippen LogP contribution in [0, 0.1) is 0 Å². The monoisotopic (exact) mass is 668 g/mol. The van der Waals surface area contributed by atoms with Crippen molar-refractivity contribution in [2.75, 3.05) is 0 Å². The van der Waals surface area contributed by atoms with Crippen LogP contribution in [0.1, 0.15) is 0 Å². The molecule has 4 nitrogen and oxygen atoms in total. The summed E-state index contributed by atoms with van der Waals surface area (Å²) in [7, 11) is 0. The van der Waals surface area contributed by atoms with Crippen molar-refractivity contribution in [2.24, 2.45) is 0 Å². The van der Waals surface area contributed by atoms with Gasteiger partial charge in [-0.3, -0.25) is 0 Å². The third-order valence-electron chi connectivity index (χ3n) is 10.2. The first-order valence-corrected chi connectivity index (χ1v) is 18.0. The van der Waals surface area contributed by atoms with Gasteiger partial charge in [0, 0.05) is 54.6 Å². The first-order valence-electron chi connectivity index (χ1n) is 17.2. The lowest BCUT2D eigenvalue weighted by Gasteiger charge is -2.15. The highest BCUT2D eigenvalue weighted by Crippen LogP contribution is 2.51. The van der Waals surface area contributed by atoms with Crippen LogP contribution in [0.4, 0.5) is 0 Å². The topological polar surface area (TPSA) is 35.6 Å². The predicted molar refractivity (Wildman–Crippen MR) is 214 cm³/mol. The minimum atomic E-state index is 0.991. The number of nitrogens with zero attached hydrogens (tertiary/aromatic N) is 4. The second-order valence-corrected chi connectivity index (χ2v) is 14.0. The SMILES string of the molecule is c1ccc(-c2cc(-c3ccccc3)cc(-n3c4ccccc4c4c5c(c6ccccc6n5-c5ccccc5)c5sc6ncncc6c5c43)c2)cc1. The molecule has 0 bridgehead atoms. The second-order valence-electron chi connectivity index (χ2n) is 13.0. The molecule has 4 heterocycles. The zero-order chi connectivity index (χ0) is 33.5. The number of benzene rings is 7. The molecule has 11 rings (SSSR count). The first kappa shape index (κ1) is 28.3. The fourth-order valence-electron chi connectivity index (χ4n) is 8.12. The highest BCUT2D eigenvalue weighted by Gasteiger charge is 2.27. The molecule has 0 atom stereocenters. The van der Waals surface area contributed by atoms with Gasteiger partial charge in [-0.1, -0.05) is 115 Å². The molecule has 0 saturated carbocycles. The van der Waals surface area contributed by atoms with E-state index in [2.05, 4.69) is 172 Å². The largest absolute Gasteiger partial charge is 0.308 e. The van der Waals surface area contributed by atoms with Crippen molar-refractivity contribution in [3.63, 3.8) is 0 Å². The summed E-state index contributed by atoms with van der Waals surface area (Å²) in [5.74, 6) is 0. The summed E-state index contributed by atoms with van der Waals surface area (Å²) >= 11 is 1.77. The maximum Gasteiger partial charge on any atom is 0.127 e. The molecular weight excluding hydrogens is 641 g/mol. The maximum absolute atomic E-state index is 4.83. The van der Waals surface area contributed by atoms with Gasteiger partial charge in [0.1, 0.15) is 11.2 Å². The number of fused-ring (bicyclic) bond motifs is 12. The highest BCUT2D eigenvalue weighted by molar-refractivity contribution is 7.26. The molecule has 0 saturated heterocycles. The molecule has 11 aromatic rings. The smallest absolute Gasteiger partial charge is 0.127 e. The average molecular weight is 669 g/mol. The first-order chi connectivity index (χ1) is 25.3. The van der Waals surface area contributed by atoms with Gasteiger partial charge in [-0.15, -0.1) is 11.3 Å². The van der Waals surface area contributed by atoms with E-state index in [0.717, 1.165) is 27.1 Å². The standard InChI is InChI=1S/C46H28N4S/c1-4-14-29(15-5-1)31-24-32(30-16-6-2-7-17-30)26-34(25-31)50-38-22-12-10-20-35(38)40-43-41(45-42(44(40)50)37-27-47-28-48-46(37)51-45)36-21-11-13-23-39(36)49(43)33-18-8-3-9-19-33/h1-28H. The Morgan fingerprint density at radius 1 is 0.431 bits per heavy atom. The molecule has 0 spiro atoms. The van der Waals surface area contributed by atoms with E-state index >= 15 is 0 Å². The molecular formula is C46H28N4S. The number of rotatable bonds is 4. The Morgan fingerprint density at radius 3 is 1.57 bits per heavy atom. The summed E-state index contributed by atoms with van der Waals surface area (Å²) in [4.78, 5) is 10.4. The van der Waals surface area contributed by atoms with Crippen LogP contribution < -0.4 is 0 Å². The van der Waals surface area contributed by atoms with Crippen LogP contribution in [-0.2, 0) is 0 Å². The number of hydrogen-bond acceptors (Lipinski definition) is 3. The van der Waals surface area contributed by atoms with Gasteiger partial charge in [-0.05, 0) is 64.7 Å². The quantitative estimate of drug-likeness (QED) is 0.187. The fraction of sp³-hybridized carbons (Fsp3) is 0. The lowest BCUT2D eigenvalue weighted by molar-refractivity contribution is 1.18. The molecule has 5 heteroatoms. The minimum absolute atomic E-state index is 0.991. The summed E-state index contributed by atoms with van der Waals surface area (Å²) < 4.78 is 6.19. The number of para-hydroxylation sites is 3. The zero-order valence-electron chi connectivity index (χ0n) is 27.4. The van der Waals surface area contributed by atoms with Crippen molar-refractivity contribution in [3.8, 4) is 33.6 Å². The number of aromatic nitrogens is 4. The van der Waals surface area contributed by atoms with E-state index in [1.165, 1.54) is 70.4 Å². The van der Waals surface area contributed by atoms with Gasteiger partial charge < -0.3 is 9.13 Å². The van der Waals surface area contributed by atoms with E-state index < -0.39 is 0 Å². The van der Waals surface area contributed by atoms with Crippen molar-refractivity contribution in [1.29, 1.82) is 0 Å². The summed E-state index contributed by atoms with van der Waals surface area (Å²) in [6, 6.07) is 56.9. The molecule has 7 aromatic carbocycles. The van der Waals surface area contributed by atoms with E-state index in [0.29, 0.717) is 0 Å². The number of hydrogen-bond donors (Lipinski definition) is 0. The minimum Gasteiger partial charge on any atom is -0.308 e. The highest BCUT2D eigenvalue weighted by atomic mass is 32.1. The van der Waals surface area contributed by atoms with Gasteiger partial charge in [0.2, 0.25) is 0 Å². The van der Waals surface area contributed by atoms with Gasteiger partial charge in [-0.25, -0.2) is 9.97 Å². The lowest BCUT2D eigenvalue weighted by Crippen LogP contribution is -1.97. The molecule has 0 aliphatic rings. The van der Waals surface area contributed by atoms with Gasteiger partial charge in [-0.2, -0.15) is 0 Å². The van der Waals surface area contributed by atoms with Gasteiger partial charge in [0.25, 0.3) is 0 Å². The molecule has 0 unspecified atom stereocenters. The van der Waals surface area contributed by atoms with E-state index in [-0.39, 0.29) is 0 Å². The molecule has 0 N–H and O–H groups in total. The van der Waals surface area contributed by atoms with Crippen molar-refractivity contribution < 1.29 is 0 Å². The maximum atomic E-state index is 4.83. The lowest BCUT2D eigenvalue weighted by atomic mass is 9.98. The Balaban J connectivity index is 1.41. The Kier molecular flexibility index (Phi) is 6.09. The number of thiophene rings is 1. The zero-order valence-corrected chi connectivity index (χ0v) is 28.2. The molecule has 4 aromatic heterocycles. The van der Waals surface area contributed by atoms with E-state index in [4.69, 9.17) is 4.98 Å². The molecule has 0 amide bonds. The average Bonchev–Trinajstić information content (AvgIpc) is 3.87. The van der Waals surface area contributed by atoms with Gasteiger partial charge in [0.15, 0.2) is 0 Å². The molecule has 238 valence electrons. The molecule has 0 aliphatic heterocycles.